The van der Waals surface area contributed by atoms with Gasteiger partial charge in [0.15, 0.2) is 0 Å². The molecule has 0 radical (unpaired) electrons. The molecular formula is C10H20N2. The molecule has 1 aliphatic heterocycles. The summed E-state index contributed by atoms with van der Waals surface area (Å²) in [5, 5.41) is 3.31. The van der Waals surface area contributed by atoms with Gasteiger partial charge in [0, 0.05) is 18.8 Å². The van der Waals surface area contributed by atoms with Crippen LogP contribution in [0.5, 0.6) is 0 Å². The molecule has 1 unspecified atom stereocenters. The van der Waals surface area contributed by atoms with Crippen molar-refractivity contribution in [1.29, 1.82) is 0 Å². The number of nitrogens with zero attached hydrogens (tertiary/aromatic N) is 1. The zero-order valence-electron chi connectivity index (χ0n) is 8.27. The predicted octanol–water partition coefficient (Wildman–Crippen LogP) is 1.45. The van der Waals surface area contributed by atoms with Gasteiger partial charge in [-0.05, 0) is 39.3 Å². The summed E-state index contributed by atoms with van der Waals surface area (Å²) < 4.78 is 0. The molecule has 2 heteroatoms. The Kier molecular flexibility index (Phi) is 3.60. The van der Waals surface area contributed by atoms with Gasteiger partial charge in [-0.1, -0.05) is 6.58 Å². The quantitative estimate of drug-likeness (QED) is 0.686. The highest BCUT2D eigenvalue weighted by Crippen LogP contribution is 2.13. The SMILES string of the molecule is C=C(C)NCC1CCCN(C)C1. The first kappa shape index (κ1) is 9.59. The lowest BCUT2D eigenvalue weighted by Crippen LogP contribution is -2.36. The van der Waals surface area contributed by atoms with Crippen LogP contribution in [0.25, 0.3) is 0 Å². The summed E-state index contributed by atoms with van der Waals surface area (Å²) in [4.78, 5) is 2.41. The van der Waals surface area contributed by atoms with Crippen LogP contribution in [0.15, 0.2) is 12.3 Å². The van der Waals surface area contributed by atoms with Crippen LogP contribution in [-0.2, 0) is 0 Å². The first-order valence-electron chi connectivity index (χ1n) is 4.76. The highest BCUT2D eigenvalue weighted by molar-refractivity contribution is 4.86. The Morgan fingerprint density at radius 1 is 1.67 bits per heavy atom. The number of piperidine rings is 1. The Labute approximate surface area is 75.6 Å². The molecular weight excluding hydrogens is 148 g/mol. The number of hydrogen-bond acceptors (Lipinski definition) is 2. The molecule has 1 fully saturated rings. The minimum atomic E-state index is 0.820. The fraction of sp³-hybridized carbons (Fsp3) is 0.800. The molecule has 0 bridgehead atoms. The van der Waals surface area contributed by atoms with Gasteiger partial charge < -0.3 is 10.2 Å². The van der Waals surface area contributed by atoms with Gasteiger partial charge in [-0.2, -0.15) is 0 Å². The van der Waals surface area contributed by atoms with Crippen LogP contribution in [0.3, 0.4) is 0 Å². The summed E-state index contributed by atoms with van der Waals surface area (Å²) in [6.07, 6.45) is 2.71. The third kappa shape index (κ3) is 3.26. The molecule has 1 rings (SSSR count). The van der Waals surface area contributed by atoms with E-state index in [-0.39, 0.29) is 0 Å². The van der Waals surface area contributed by atoms with Crippen molar-refractivity contribution in [2.24, 2.45) is 5.92 Å². The Bertz CT molecular complexity index is 154. The van der Waals surface area contributed by atoms with E-state index in [0.717, 1.165) is 18.2 Å². The molecule has 70 valence electrons. The van der Waals surface area contributed by atoms with Crippen molar-refractivity contribution in [3.05, 3.63) is 12.3 Å². The van der Waals surface area contributed by atoms with E-state index in [2.05, 4.69) is 23.8 Å². The lowest BCUT2D eigenvalue weighted by atomic mass is 9.98. The lowest BCUT2D eigenvalue weighted by Gasteiger charge is -2.29. The van der Waals surface area contributed by atoms with Gasteiger partial charge in [-0.15, -0.1) is 0 Å². The zero-order chi connectivity index (χ0) is 8.97. The van der Waals surface area contributed by atoms with E-state index in [1.807, 2.05) is 6.92 Å². The Balaban J connectivity index is 2.18. The second kappa shape index (κ2) is 4.51. The van der Waals surface area contributed by atoms with Gasteiger partial charge in [-0.3, -0.25) is 0 Å². The van der Waals surface area contributed by atoms with Crippen LogP contribution in [0.2, 0.25) is 0 Å². The Hall–Kier alpha value is -0.500. The van der Waals surface area contributed by atoms with Gasteiger partial charge in [-0.25, -0.2) is 0 Å². The molecule has 0 saturated carbocycles. The van der Waals surface area contributed by atoms with Crippen LogP contribution in [-0.4, -0.2) is 31.6 Å². The van der Waals surface area contributed by atoms with Crippen molar-refractivity contribution in [2.45, 2.75) is 19.8 Å². The number of likely N-dealkylation sites (tertiary alicyclic amines) is 1. The minimum absolute atomic E-state index is 0.820. The maximum atomic E-state index is 3.83. The molecule has 1 atom stereocenters. The topological polar surface area (TPSA) is 15.3 Å². The zero-order valence-corrected chi connectivity index (χ0v) is 8.27. The Morgan fingerprint density at radius 2 is 2.42 bits per heavy atom. The molecule has 1 saturated heterocycles. The second-order valence-electron chi connectivity index (χ2n) is 3.93. The normalized spacial score (nSPS) is 25.3. The smallest absolute Gasteiger partial charge is 0.0184 e. The molecule has 2 nitrogen and oxygen atoms in total. The highest BCUT2D eigenvalue weighted by atomic mass is 15.1. The van der Waals surface area contributed by atoms with Crippen molar-refractivity contribution in [2.75, 3.05) is 26.7 Å². The summed E-state index contributed by atoms with van der Waals surface area (Å²) in [6, 6.07) is 0. The van der Waals surface area contributed by atoms with Crippen LogP contribution in [0, 0.1) is 5.92 Å². The molecule has 0 amide bonds. The van der Waals surface area contributed by atoms with Crippen molar-refractivity contribution in [3.8, 4) is 0 Å². The summed E-state index contributed by atoms with van der Waals surface area (Å²) in [6.45, 7) is 9.45. The average Bonchev–Trinajstić information content (AvgIpc) is 2.01. The molecule has 1 heterocycles. The van der Waals surface area contributed by atoms with Gasteiger partial charge in [0.2, 0.25) is 0 Å². The number of rotatable bonds is 3. The van der Waals surface area contributed by atoms with E-state index < -0.39 is 0 Å². The van der Waals surface area contributed by atoms with E-state index in [1.165, 1.54) is 25.9 Å². The van der Waals surface area contributed by atoms with E-state index in [9.17, 15) is 0 Å². The van der Waals surface area contributed by atoms with Gasteiger partial charge in [0.05, 0.1) is 0 Å². The maximum absolute atomic E-state index is 3.83. The largest absolute Gasteiger partial charge is 0.389 e. The van der Waals surface area contributed by atoms with Gasteiger partial charge in [0.1, 0.15) is 0 Å². The van der Waals surface area contributed by atoms with Crippen LogP contribution < -0.4 is 5.32 Å². The third-order valence-corrected chi connectivity index (χ3v) is 2.41. The molecule has 0 aromatic rings. The van der Waals surface area contributed by atoms with E-state index in [1.54, 1.807) is 0 Å². The molecule has 1 aliphatic rings. The summed E-state index contributed by atoms with van der Waals surface area (Å²) in [5.41, 5.74) is 1.09. The molecule has 0 aromatic heterocycles. The van der Waals surface area contributed by atoms with Crippen molar-refractivity contribution in [3.63, 3.8) is 0 Å². The average molecular weight is 168 g/mol. The first-order valence-corrected chi connectivity index (χ1v) is 4.76. The number of hydrogen-bond donors (Lipinski definition) is 1. The van der Waals surface area contributed by atoms with E-state index in [4.69, 9.17) is 0 Å². The second-order valence-corrected chi connectivity index (χ2v) is 3.93. The fourth-order valence-electron chi connectivity index (χ4n) is 1.76. The lowest BCUT2D eigenvalue weighted by molar-refractivity contribution is 0.209. The molecule has 0 aliphatic carbocycles. The van der Waals surface area contributed by atoms with Crippen molar-refractivity contribution in [1.82, 2.24) is 10.2 Å². The summed E-state index contributed by atoms with van der Waals surface area (Å²) in [7, 11) is 2.20. The fourth-order valence-corrected chi connectivity index (χ4v) is 1.76. The maximum Gasteiger partial charge on any atom is 0.0184 e. The predicted molar refractivity (Wildman–Crippen MR) is 53.0 cm³/mol. The molecule has 0 aromatic carbocycles. The van der Waals surface area contributed by atoms with Crippen molar-refractivity contribution >= 4 is 0 Å². The first-order chi connectivity index (χ1) is 5.68. The van der Waals surface area contributed by atoms with Gasteiger partial charge >= 0.3 is 0 Å². The summed E-state index contributed by atoms with van der Waals surface area (Å²) >= 11 is 0. The number of nitrogens with one attached hydrogen (secondary N) is 1. The number of allylic oxidation sites excluding steroid dienone is 1. The van der Waals surface area contributed by atoms with Crippen LogP contribution in [0.1, 0.15) is 19.8 Å². The van der Waals surface area contributed by atoms with E-state index >= 15 is 0 Å². The monoisotopic (exact) mass is 168 g/mol. The van der Waals surface area contributed by atoms with Crippen LogP contribution >= 0.6 is 0 Å². The summed E-state index contributed by atoms with van der Waals surface area (Å²) in [5.74, 6) is 0.820. The molecule has 12 heavy (non-hydrogen) atoms. The van der Waals surface area contributed by atoms with Crippen molar-refractivity contribution < 1.29 is 0 Å². The van der Waals surface area contributed by atoms with Gasteiger partial charge in [0.25, 0.3) is 0 Å². The van der Waals surface area contributed by atoms with Crippen LogP contribution in [0.4, 0.5) is 0 Å². The van der Waals surface area contributed by atoms with E-state index in [0.29, 0.717) is 0 Å². The molecule has 1 N–H and O–H groups in total. The highest BCUT2D eigenvalue weighted by Gasteiger charge is 2.16. The molecule has 0 spiro atoms. The minimum Gasteiger partial charge on any atom is -0.389 e. The standard InChI is InChI=1S/C10H20N2/c1-9(2)11-7-10-5-4-6-12(3)8-10/h10-11H,1,4-8H2,2-3H3. The Morgan fingerprint density at radius 3 is 3.00 bits per heavy atom. The third-order valence-electron chi connectivity index (χ3n) is 2.41.